The number of piperidine rings is 1. The summed E-state index contributed by atoms with van der Waals surface area (Å²) in [5.41, 5.74) is 0.626. The highest BCUT2D eigenvalue weighted by atomic mass is 16.5. The molecule has 0 aromatic heterocycles. The molecule has 5 nitrogen and oxygen atoms in total. The molecule has 1 fully saturated rings. The highest BCUT2D eigenvalue weighted by Crippen LogP contribution is 2.25. The number of ether oxygens (including phenoxy) is 2. The first kappa shape index (κ1) is 16.6. The Bertz CT molecular complexity index is 474. The average molecular weight is 306 g/mol. The van der Waals surface area contributed by atoms with Crippen molar-refractivity contribution in [3.63, 3.8) is 0 Å². The van der Waals surface area contributed by atoms with Crippen molar-refractivity contribution in [3.05, 3.63) is 23.8 Å². The van der Waals surface area contributed by atoms with Crippen LogP contribution in [-0.4, -0.2) is 51.2 Å². The summed E-state index contributed by atoms with van der Waals surface area (Å²) >= 11 is 0. The molecule has 2 rings (SSSR count). The lowest BCUT2D eigenvalue weighted by molar-refractivity contribution is 0.0689. The van der Waals surface area contributed by atoms with Gasteiger partial charge in [0.05, 0.1) is 14.2 Å². The largest absolute Gasteiger partial charge is 0.497 e. The van der Waals surface area contributed by atoms with Crippen molar-refractivity contribution >= 4 is 5.91 Å². The van der Waals surface area contributed by atoms with Gasteiger partial charge in [-0.05, 0) is 44.0 Å². The Morgan fingerprint density at radius 2 is 1.77 bits per heavy atom. The minimum atomic E-state index is 0.0547. The number of methoxy groups -OCH3 is 2. The van der Waals surface area contributed by atoms with Gasteiger partial charge in [-0.3, -0.25) is 4.79 Å². The van der Waals surface area contributed by atoms with Gasteiger partial charge in [-0.25, -0.2) is 0 Å². The number of likely N-dealkylation sites (tertiary alicyclic amines) is 1. The van der Waals surface area contributed by atoms with Crippen LogP contribution < -0.4 is 14.8 Å². The van der Waals surface area contributed by atoms with Crippen LogP contribution >= 0.6 is 0 Å². The SMILES string of the molecule is CCNCC1CCN(C(=O)c2cc(OC)cc(OC)c2)CC1. The van der Waals surface area contributed by atoms with E-state index in [-0.39, 0.29) is 5.91 Å². The number of amides is 1. The molecule has 0 spiro atoms. The monoisotopic (exact) mass is 306 g/mol. The first-order valence-electron chi connectivity index (χ1n) is 7.91. The maximum absolute atomic E-state index is 12.7. The van der Waals surface area contributed by atoms with Gasteiger partial charge in [0.2, 0.25) is 0 Å². The third-order valence-electron chi connectivity index (χ3n) is 4.18. The molecule has 1 aromatic rings. The van der Waals surface area contributed by atoms with E-state index < -0.39 is 0 Å². The smallest absolute Gasteiger partial charge is 0.254 e. The molecule has 0 atom stereocenters. The minimum absolute atomic E-state index is 0.0547. The molecular formula is C17H26N2O3. The fraction of sp³-hybridized carbons (Fsp3) is 0.588. The summed E-state index contributed by atoms with van der Waals surface area (Å²) in [5.74, 6) is 2.01. The summed E-state index contributed by atoms with van der Waals surface area (Å²) in [6.45, 7) is 5.80. The van der Waals surface area contributed by atoms with Crippen LogP contribution in [-0.2, 0) is 0 Å². The summed E-state index contributed by atoms with van der Waals surface area (Å²) in [6.07, 6.45) is 2.11. The first-order valence-corrected chi connectivity index (χ1v) is 7.91. The Balaban J connectivity index is 2.00. The highest BCUT2D eigenvalue weighted by Gasteiger charge is 2.24. The van der Waals surface area contributed by atoms with Crippen LogP contribution in [0.4, 0.5) is 0 Å². The third kappa shape index (κ3) is 4.13. The van der Waals surface area contributed by atoms with E-state index in [1.165, 1.54) is 0 Å². The molecule has 22 heavy (non-hydrogen) atoms. The van der Waals surface area contributed by atoms with Gasteiger partial charge in [0, 0.05) is 24.7 Å². The van der Waals surface area contributed by atoms with E-state index >= 15 is 0 Å². The Morgan fingerprint density at radius 3 is 2.27 bits per heavy atom. The maximum Gasteiger partial charge on any atom is 0.254 e. The normalized spacial score (nSPS) is 15.7. The Hall–Kier alpha value is -1.75. The quantitative estimate of drug-likeness (QED) is 0.875. The third-order valence-corrected chi connectivity index (χ3v) is 4.18. The second-order valence-electron chi connectivity index (χ2n) is 5.64. The molecular weight excluding hydrogens is 280 g/mol. The van der Waals surface area contributed by atoms with E-state index in [4.69, 9.17) is 9.47 Å². The summed E-state index contributed by atoms with van der Waals surface area (Å²) in [4.78, 5) is 14.6. The van der Waals surface area contributed by atoms with Crippen LogP contribution in [0.3, 0.4) is 0 Å². The predicted octanol–water partition coefficient (Wildman–Crippen LogP) is 2.17. The van der Waals surface area contributed by atoms with Crippen molar-refractivity contribution < 1.29 is 14.3 Å². The van der Waals surface area contributed by atoms with Crippen molar-refractivity contribution in [1.82, 2.24) is 10.2 Å². The van der Waals surface area contributed by atoms with Gasteiger partial charge < -0.3 is 19.7 Å². The van der Waals surface area contributed by atoms with Gasteiger partial charge in [0.25, 0.3) is 5.91 Å². The van der Waals surface area contributed by atoms with Crippen LogP contribution in [0.2, 0.25) is 0 Å². The fourth-order valence-electron chi connectivity index (χ4n) is 2.80. The molecule has 5 heteroatoms. The molecule has 1 aliphatic heterocycles. The molecule has 1 N–H and O–H groups in total. The molecule has 1 aliphatic rings. The zero-order chi connectivity index (χ0) is 15.9. The van der Waals surface area contributed by atoms with Crippen LogP contribution in [0.1, 0.15) is 30.1 Å². The second kappa shape index (κ2) is 8.03. The lowest BCUT2D eigenvalue weighted by atomic mass is 9.96. The topological polar surface area (TPSA) is 50.8 Å². The molecule has 122 valence electrons. The molecule has 0 radical (unpaired) electrons. The minimum Gasteiger partial charge on any atom is -0.497 e. The van der Waals surface area contributed by atoms with Gasteiger partial charge >= 0.3 is 0 Å². The number of carbonyl (C=O) groups is 1. The lowest BCUT2D eigenvalue weighted by Gasteiger charge is -2.32. The molecule has 1 saturated heterocycles. The Kier molecular flexibility index (Phi) is 6.07. The number of rotatable bonds is 6. The zero-order valence-electron chi connectivity index (χ0n) is 13.7. The molecule has 0 aliphatic carbocycles. The second-order valence-corrected chi connectivity index (χ2v) is 5.64. The number of nitrogens with one attached hydrogen (secondary N) is 1. The number of hydrogen-bond donors (Lipinski definition) is 1. The van der Waals surface area contributed by atoms with Gasteiger partial charge in [-0.15, -0.1) is 0 Å². The van der Waals surface area contributed by atoms with E-state index in [1.807, 2.05) is 4.90 Å². The van der Waals surface area contributed by atoms with Gasteiger partial charge in [-0.2, -0.15) is 0 Å². The van der Waals surface area contributed by atoms with Crippen molar-refractivity contribution in [2.24, 2.45) is 5.92 Å². The molecule has 0 unspecified atom stereocenters. The van der Waals surface area contributed by atoms with Crippen LogP contribution in [0, 0.1) is 5.92 Å². The molecule has 1 heterocycles. The van der Waals surface area contributed by atoms with Crippen LogP contribution in [0.25, 0.3) is 0 Å². The van der Waals surface area contributed by atoms with Crippen LogP contribution in [0.15, 0.2) is 18.2 Å². The van der Waals surface area contributed by atoms with Gasteiger partial charge in [-0.1, -0.05) is 6.92 Å². The molecule has 0 saturated carbocycles. The van der Waals surface area contributed by atoms with Crippen LogP contribution in [0.5, 0.6) is 11.5 Å². The van der Waals surface area contributed by atoms with Crippen molar-refractivity contribution in [3.8, 4) is 11.5 Å². The molecule has 0 bridgehead atoms. The lowest BCUT2D eigenvalue weighted by Crippen LogP contribution is -2.40. The summed E-state index contributed by atoms with van der Waals surface area (Å²) in [7, 11) is 3.19. The standard InChI is InChI=1S/C17H26N2O3/c1-4-18-12-13-5-7-19(8-6-13)17(20)14-9-15(21-2)11-16(10-14)22-3/h9-11,13,18H,4-8,12H2,1-3H3. The van der Waals surface area contributed by atoms with E-state index in [1.54, 1.807) is 32.4 Å². The van der Waals surface area contributed by atoms with E-state index in [2.05, 4.69) is 12.2 Å². The molecule has 1 amide bonds. The van der Waals surface area contributed by atoms with E-state index in [0.717, 1.165) is 39.0 Å². The summed E-state index contributed by atoms with van der Waals surface area (Å²) < 4.78 is 10.5. The average Bonchev–Trinajstić information content (AvgIpc) is 2.59. The van der Waals surface area contributed by atoms with Gasteiger partial charge in [0.15, 0.2) is 0 Å². The maximum atomic E-state index is 12.7. The summed E-state index contributed by atoms with van der Waals surface area (Å²) in [5, 5.41) is 3.39. The van der Waals surface area contributed by atoms with E-state index in [9.17, 15) is 4.79 Å². The fourth-order valence-corrected chi connectivity index (χ4v) is 2.80. The Labute approximate surface area is 132 Å². The van der Waals surface area contributed by atoms with Gasteiger partial charge in [0.1, 0.15) is 11.5 Å². The Morgan fingerprint density at radius 1 is 1.18 bits per heavy atom. The van der Waals surface area contributed by atoms with Crippen molar-refractivity contribution in [1.29, 1.82) is 0 Å². The number of benzene rings is 1. The highest BCUT2D eigenvalue weighted by molar-refractivity contribution is 5.95. The van der Waals surface area contributed by atoms with Crippen molar-refractivity contribution in [2.45, 2.75) is 19.8 Å². The molecule has 1 aromatic carbocycles. The number of carbonyl (C=O) groups excluding carboxylic acids is 1. The zero-order valence-corrected chi connectivity index (χ0v) is 13.7. The van der Waals surface area contributed by atoms with E-state index in [0.29, 0.717) is 23.0 Å². The predicted molar refractivity (Wildman–Crippen MR) is 86.7 cm³/mol. The first-order chi connectivity index (χ1) is 10.7. The van der Waals surface area contributed by atoms with Crippen molar-refractivity contribution in [2.75, 3.05) is 40.4 Å². The number of nitrogens with zero attached hydrogens (tertiary/aromatic N) is 1. The number of hydrogen-bond acceptors (Lipinski definition) is 4. The summed E-state index contributed by atoms with van der Waals surface area (Å²) in [6, 6.07) is 5.32.